The Kier molecular flexibility index (Phi) is 4.71. The molecule has 4 nitrogen and oxygen atoms in total. The van der Waals surface area contributed by atoms with Crippen LogP contribution < -0.4 is 10.2 Å². The van der Waals surface area contributed by atoms with E-state index in [1.165, 1.54) is 5.56 Å². The maximum atomic E-state index is 12.1. The largest absolute Gasteiger partial charge is 0.497 e. The summed E-state index contributed by atoms with van der Waals surface area (Å²) in [5, 5.41) is 4.35. The van der Waals surface area contributed by atoms with Gasteiger partial charge in [0.1, 0.15) is 5.75 Å². The Labute approximate surface area is 136 Å². The van der Waals surface area contributed by atoms with Crippen molar-refractivity contribution in [2.24, 2.45) is 5.10 Å². The lowest BCUT2D eigenvalue weighted by Crippen LogP contribution is -2.23. The standard InChI is InChI=1S/C19H20N2O2/c1-23-16-11-9-14(10-12-16)13-19(22)21-20-18-8-4-6-15-5-2-3-7-17(15)18/h2-3,5,7,9-12H,4,6,8,13H2,1H3,(H,21,22)/b20-18-. The van der Waals surface area contributed by atoms with Crippen LogP contribution >= 0.6 is 0 Å². The van der Waals surface area contributed by atoms with Crippen molar-refractivity contribution < 1.29 is 9.53 Å². The van der Waals surface area contributed by atoms with Crippen LogP contribution in [-0.4, -0.2) is 18.7 Å². The second-order valence-corrected chi connectivity index (χ2v) is 5.63. The van der Waals surface area contributed by atoms with E-state index in [2.05, 4.69) is 22.7 Å². The molecular formula is C19H20N2O2. The number of nitrogens with one attached hydrogen (secondary N) is 1. The first-order chi connectivity index (χ1) is 11.3. The molecule has 1 aliphatic rings. The minimum Gasteiger partial charge on any atom is -0.497 e. The summed E-state index contributed by atoms with van der Waals surface area (Å²) in [6.45, 7) is 0. The second-order valence-electron chi connectivity index (χ2n) is 5.63. The Morgan fingerprint density at radius 2 is 1.91 bits per heavy atom. The van der Waals surface area contributed by atoms with Crippen LogP contribution in [0.15, 0.2) is 53.6 Å². The van der Waals surface area contributed by atoms with Crippen molar-refractivity contribution in [1.29, 1.82) is 0 Å². The summed E-state index contributed by atoms with van der Waals surface area (Å²) < 4.78 is 5.11. The molecule has 0 heterocycles. The lowest BCUT2D eigenvalue weighted by atomic mass is 9.90. The molecule has 1 N–H and O–H groups in total. The predicted octanol–water partition coefficient (Wildman–Crippen LogP) is 3.09. The van der Waals surface area contributed by atoms with Gasteiger partial charge in [-0.15, -0.1) is 0 Å². The van der Waals surface area contributed by atoms with E-state index in [0.717, 1.165) is 41.9 Å². The summed E-state index contributed by atoms with van der Waals surface area (Å²) in [7, 11) is 1.62. The highest BCUT2D eigenvalue weighted by Gasteiger charge is 2.15. The van der Waals surface area contributed by atoms with E-state index in [4.69, 9.17) is 4.74 Å². The molecular weight excluding hydrogens is 288 g/mol. The van der Waals surface area contributed by atoms with Crippen LogP contribution in [0.2, 0.25) is 0 Å². The molecule has 0 bridgehead atoms. The van der Waals surface area contributed by atoms with Gasteiger partial charge in [-0.05, 0) is 42.5 Å². The maximum Gasteiger partial charge on any atom is 0.244 e. The lowest BCUT2D eigenvalue weighted by molar-refractivity contribution is -0.120. The van der Waals surface area contributed by atoms with E-state index in [-0.39, 0.29) is 5.91 Å². The molecule has 0 spiro atoms. The van der Waals surface area contributed by atoms with Gasteiger partial charge in [0.15, 0.2) is 0 Å². The average molecular weight is 308 g/mol. The number of ether oxygens (including phenoxy) is 1. The first kappa shape index (κ1) is 15.3. The van der Waals surface area contributed by atoms with Crippen LogP contribution in [0.1, 0.15) is 29.5 Å². The Bertz CT molecular complexity index is 720. The zero-order chi connectivity index (χ0) is 16.1. The fourth-order valence-electron chi connectivity index (χ4n) is 2.82. The van der Waals surface area contributed by atoms with Gasteiger partial charge in [0.25, 0.3) is 0 Å². The van der Waals surface area contributed by atoms with Crippen LogP contribution in [0.25, 0.3) is 0 Å². The summed E-state index contributed by atoms with van der Waals surface area (Å²) in [6.07, 6.45) is 3.36. The SMILES string of the molecule is COc1ccc(CC(=O)N/N=C2/CCCc3ccccc32)cc1. The topological polar surface area (TPSA) is 50.7 Å². The van der Waals surface area contributed by atoms with Gasteiger partial charge in [-0.25, -0.2) is 5.43 Å². The van der Waals surface area contributed by atoms with Crippen LogP contribution in [0.3, 0.4) is 0 Å². The minimum atomic E-state index is -0.106. The summed E-state index contributed by atoms with van der Waals surface area (Å²) in [5.41, 5.74) is 7.06. The van der Waals surface area contributed by atoms with Crippen LogP contribution in [-0.2, 0) is 17.6 Å². The van der Waals surface area contributed by atoms with Gasteiger partial charge in [-0.3, -0.25) is 4.79 Å². The Hall–Kier alpha value is -2.62. The zero-order valence-corrected chi connectivity index (χ0v) is 13.2. The summed E-state index contributed by atoms with van der Waals surface area (Å²) in [6, 6.07) is 15.7. The number of hydrazone groups is 1. The first-order valence-corrected chi connectivity index (χ1v) is 7.83. The molecule has 1 aliphatic carbocycles. The molecule has 23 heavy (non-hydrogen) atoms. The van der Waals surface area contributed by atoms with Crippen molar-refractivity contribution in [3.8, 4) is 5.75 Å². The smallest absolute Gasteiger partial charge is 0.244 e. The summed E-state index contributed by atoms with van der Waals surface area (Å²) >= 11 is 0. The van der Waals surface area contributed by atoms with E-state index >= 15 is 0 Å². The van der Waals surface area contributed by atoms with Crippen molar-refractivity contribution in [3.05, 3.63) is 65.2 Å². The normalized spacial score (nSPS) is 15.1. The number of aryl methyl sites for hydroxylation is 1. The molecule has 4 heteroatoms. The maximum absolute atomic E-state index is 12.1. The molecule has 0 unspecified atom stereocenters. The Balaban J connectivity index is 1.64. The molecule has 0 saturated carbocycles. The predicted molar refractivity (Wildman–Crippen MR) is 90.8 cm³/mol. The van der Waals surface area contributed by atoms with Gasteiger partial charge < -0.3 is 4.74 Å². The number of methoxy groups -OCH3 is 1. The van der Waals surface area contributed by atoms with Gasteiger partial charge in [0, 0.05) is 5.56 Å². The van der Waals surface area contributed by atoms with E-state index in [1.807, 2.05) is 36.4 Å². The van der Waals surface area contributed by atoms with Crippen molar-refractivity contribution in [3.63, 3.8) is 0 Å². The van der Waals surface area contributed by atoms with Gasteiger partial charge in [-0.1, -0.05) is 36.4 Å². The van der Waals surface area contributed by atoms with E-state index in [0.29, 0.717) is 6.42 Å². The fourth-order valence-corrected chi connectivity index (χ4v) is 2.82. The quantitative estimate of drug-likeness (QED) is 0.882. The number of fused-ring (bicyclic) bond motifs is 1. The summed E-state index contributed by atoms with van der Waals surface area (Å²) in [5.74, 6) is 0.680. The van der Waals surface area contributed by atoms with E-state index < -0.39 is 0 Å². The fraction of sp³-hybridized carbons (Fsp3) is 0.263. The highest BCUT2D eigenvalue weighted by molar-refractivity contribution is 6.03. The number of nitrogens with zero attached hydrogens (tertiary/aromatic N) is 1. The van der Waals surface area contributed by atoms with Gasteiger partial charge in [0.05, 0.1) is 19.2 Å². The Morgan fingerprint density at radius 3 is 2.70 bits per heavy atom. The van der Waals surface area contributed by atoms with Gasteiger partial charge in [0.2, 0.25) is 5.91 Å². The molecule has 0 saturated heterocycles. The number of carbonyl (C=O) groups is 1. The number of hydrogen-bond acceptors (Lipinski definition) is 3. The second kappa shape index (κ2) is 7.09. The van der Waals surface area contributed by atoms with Crippen molar-refractivity contribution in [2.45, 2.75) is 25.7 Å². The third-order valence-electron chi connectivity index (χ3n) is 4.03. The minimum absolute atomic E-state index is 0.106. The monoisotopic (exact) mass is 308 g/mol. The molecule has 0 aromatic heterocycles. The molecule has 1 amide bonds. The first-order valence-electron chi connectivity index (χ1n) is 7.83. The molecule has 0 aliphatic heterocycles. The average Bonchev–Trinajstić information content (AvgIpc) is 2.60. The van der Waals surface area contributed by atoms with E-state index in [1.54, 1.807) is 7.11 Å². The lowest BCUT2D eigenvalue weighted by Gasteiger charge is -2.17. The summed E-state index contributed by atoms with van der Waals surface area (Å²) in [4.78, 5) is 12.1. The number of rotatable bonds is 4. The van der Waals surface area contributed by atoms with Crippen LogP contribution in [0.4, 0.5) is 0 Å². The molecule has 0 radical (unpaired) electrons. The van der Waals surface area contributed by atoms with Crippen LogP contribution in [0.5, 0.6) is 5.75 Å². The number of benzene rings is 2. The number of carbonyl (C=O) groups excluding carboxylic acids is 1. The Morgan fingerprint density at radius 1 is 1.13 bits per heavy atom. The molecule has 0 fully saturated rings. The molecule has 118 valence electrons. The third-order valence-corrected chi connectivity index (χ3v) is 4.03. The molecule has 2 aromatic carbocycles. The number of hydrogen-bond donors (Lipinski definition) is 1. The number of amides is 1. The highest BCUT2D eigenvalue weighted by atomic mass is 16.5. The van der Waals surface area contributed by atoms with E-state index in [9.17, 15) is 4.79 Å². The van der Waals surface area contributed by atoms with Crippen molar-refractivity contribution in [1.82, 2.24) is 5.43 Å². The van der Waals surface area contributed by atoms with Gasteiger partial charge >= 0.3 is 0 Å². The third kappa shape index (κ3) is 3.77. The zero-order valence-electron chi connectivity index (χ0n) is 13.2. The highest BCUT2D eigenvalue weighted by Crippen LogP contribution is 2.21. The molecule has 3 rings (SSSR count). The van der Waals surface area contributed by atoms with Gasteiger partial charge in [-0.2, -0.15) is 5.10 Å². The molecule has 2 aromatic rings. The molecule has 0 atom stereocenters. The van der Waals surface area contributed by atoms with Crippen LogP contribution in [0, 0.1) is 0 Å². The van der Waals surface area contributed by atoms with Crippen molar-refractivity contribution in [2.75, 3.05) is 7.11 Å². The van der Waals surface area contributed by atoms with Crippen molar-refractivity contribution >= 4 is 11.6 Å².